The molecule has 0 aromatic heterocycles. The van der Waals surface area contributed by atoms with Crippen LogP contribution in [0.15, 0.2) is 28.7 Å². The minimum atomic E-state index is 0.472. The Morgan fingerprint density at radius 1 is 1.06 bits per heavy atom. The number of hydrogen-bond acceptors (Lipinski definition) is 1. The molecule has 0 heterocycles. The molecule has 0 saturated carbocycles. The third-order valence-corrected chi connectivity index (χ3v) is 3.87. The molecule has 102 valence electrons. The fourth-order valence-electron chi connectivity index (χ4n) is 2.15. The molecule has 0 amide bonds. The lowest BCUT2D eigenvalue weighted by Gasteiger charge is -2.23. The van der Waals surface area contributed by atoms with Gasteiger partial charge in [-0.15, -0.1) is 0 Å². The van der Waals surface area contributed by atoms with E-state index in [0.717, 1.165) is 16.8 Å². The normalized spacial score (nSPS) is 14.8. The van der Waals surface area contributed by atoms with Crippen LogP contribution in [0.2, 0.25) is 0 Å². The molecule has 0 aliphatic heterocycles. The fourth-order valence-corrected chi connectivity index (χ4v) is 2.42. The van der Waals surface area contributed by atoms with E-state index in [4.69, 9.17) is 0 Å². The van der Waals surface area contributed by atoms with Crippen LogP contribution in [-0.4, -0.2) is 6.04 Å². The zero-order valence-corrected chi connectivity index (χ0v) is 13.6. The van der Waals surface area contributed by atoms with Crippen LogP contribution in [0.4, 0.5) is 0 Å². The van der Waals surface area contributed by atoms with Gasteiger partial charge in [-0.1, -0.05) is 48.8 Å². The van der Waals surface area contributed by atoms with Crippen molar-refractivity contribution < 1.29 is 0 Å². The van der Waals surface area contributed by atoms with E-state index in [9.17, 15) is 0 Å². The van der Waals surface area contributed by atoms with E-state index in [-0.39, 0.29) is 0 Å². The van der Waals surface area contributed by atoms with Crippen molar-refractivity contribution in [3.8, 4) is 0 Å². The second-order valence-electron chi connectivity index (χ2n) is 5.55. The number of hydrogen-bond donors (Lipinski definition) is 1. The molecular formula is C16H26BrN. The molecule has 1 N–H and O–H groups in total. The molecule has 0 saturated heterocycles. The fraction of sp³-hybridized carbons (Fsp3) is 0.625. The van der Waals surface area contributed by atoms with Crippen LogP contribution in [0.5, 0.6) is 0 Å². The van der Waals surface area contributed by atoms with Crippen molar-refractivity contribution in [2.45, 2.75) is 59.0 Å². The lowest BCUT2D eigenvalue weighted by molar-refractivity contribution is 0.398. The maximum atomic E-state index is 3.74. The zero-order valence-electron chi connectivity index (χ0n) is 12.0. The third kappa shape index (κ3) is 5.53. The van der Waals surface area contributed by atoms with E-state index >= 15 is 0 Å². The Morgan fingerprint density at radius 3 is 2.17 bits per heavy atom. The maximum absolute atomic E-state index is 3.74. The molecule has 0 fully saturated rings. The highest BCUT2D eigenvalue weighted by Gasteiger charge is 2.12. The molecule has 1 aromatic rings. The highest BCUT2D eigenvalue weighted by molar-refractivity contribution is 9.10. The van der Waals surface area contributed by atoms with Crippen molar-refractivity contribution in [3.05, 3.63) is 34.3 Å². The highest BCUT2D eigenvalue weighted by atomic mass is 79.9. The first kappa shape index (κ1) is 15.7. The van der Waals surface area contributed by atoms with E-state index in [1.807, 2.05) is 0 Å². The summed E-state index contributed by atoms with van der Waals surface area (Å²) in [5.74, 6) is 0.794. The largest absolute Gasteiger partial charge is 0.307 e. The summed E-state index contributed by atoms with van der Waals surface area (Å²) in [6, 6.07) is 9.72. The first-order valence-electron chi connectivity index (χ1n) is 7.04. The lowest BCUT2D eigenvalue weighted by atomic mass is 10.0. The van der Waals surface area contributed by atoms with E-state index in [1.165, 1.54) is 18.4 Å². The summed E-state index contributed by atoms with van der Waals surface area (Å²) in [6.45, 7) is 9.12. The molecule has 18 heavy (non-hydrogen) atoms. The molecule has 1 rings (SSSR count). The molecule has 2 heteroatoms. The second-order valence-corrected chi connectivity index (χ2v) is 6.47. The van der Waals surface area contributed by atoms with Gasteiger partial charge >= 0.3 is 0 Å². The standard InChI is InChI=1S/C16H26BrN/c1-5-16(14-8-10-15(17)11-9-14)18-13(4)7-6-12(2)3/h8-13,16,18H,5-7H2,1-4H3. The average molecular weight is 312 g/mol. The summed E-state index contributed by atoms with van der Waals surface area (Å²) >= 11 is 3.49. The van der Waals surface area contributed by atoms with Crippen LogP contribution in [0.3, 0.4) is 0 Å². The predicted octanol–water partition coefficient (Wildman–Crippen LogP) is 5.31. The third-order valence-electron chi connectivity index (χ3n) is 3.34. The summed E-state index contributed by atoms with van der Waals surface area (Å²) in [7, 11) is 0. The van der Waals surface area contributed by atoms with Crippen molar-refractivity contribution in [3.63, 3.8) is 0 Å². The van der Waals surface area contributed by atoms with E-state index in [0.29, 0.717) is 12.1 Å². The maximum Gasteiger partial charge on any atom is 0.0319 e. The van der Waals surface area contributed by atoms with Gasteiger partial charge < -0.3 is 5.32 Å². The van der Waals surface area contributed by atoms with Gasteiger partial charge in [0.2, 0.25) is 0 Å². The molecule has 1 aromatic carbocycles. The topological polar surface area (TPSA) is 12.0 Å². The Hall–Kier alpha value is -0.340. The molecule has 0 bridgehead atoms. The summed E-state index contributed by atoms with van der Waals surface area (Å²) in [4.78, 5) is 0. The minimum Gasteiger partial charge on any atom is -0.307 e. The van der Waals surface area contributed by atoms with Gasteiger partial charge in [-0.05, 0) is 49.8 Å². The molecular weight excluding hydrogens is 286 g/mol. The van der Waals surface area contributed by atoms with Gasteiger partial charge in [0.05, 0.1) is 0 Å². The van der Waals surface area contributed by atoms with E-state index in [1.54, 1.807) is 0 Å². The van der Waals surface area contributed by atoms with Crippen molar-refractivity contribution in [2.24, 2.45) is 5.92 Å². The number of nitrogens with one attached hydrogen (secondary N) is 1. The molecule has 2 unspecified atom stereocenters. The smallest absolute Gasteiger partial charge is 0.0319 e. The second kappa shape index (κ2) is 7.96. The Morgan fingerprint density at radius 2 is 1.67 bits per heavy atom. The SMILES string of the molecule is CCC(NC(C)CCC(C)C)c1ccc(Br)cc1. The van der Waals surface area contributed by atoms with Crippen LogP contribution in [0.1, 0.15) is 58.6 Å². The van der Waals surface area contributed by atoms with Crippen molar-refractivity contribution in [1.82, 2.24) is 5.32 Å². The first-order chi connectivity index (χ1) is 8.52. The van der Waals surface area contributed by atoms with Crippen molar-refractivity contribution in [1.29, 1.82) is 0 Å². The lowest BCUT2D eigenvalue weighted by Crippen LogP contribution is -2.30. The van der Waals surface area contributed by atoms with Gasteiger partial charge in [0, 0.05) is 16.6 Å². The van der Waals surface area contributed by atoms with Crippen LogP contribution >= 0.6 is 15.9 Å². The first-order valence-corrected chi connectivity index (χ1v) is 7.83. The molecule has 0 radical (unpaired) electrons. The Bertz CT molecular complexity index is 331. The van der Waals surface area contributed by atoms with Gasteiger partial charge in [-0.25, -0.2) is 0 Å². The van der Waals surface area contributed by atoms with E-state index < -0.39 is 0 Å². The quantitative estimate of drug-likeness (QED) is 0.719. The summed E-state index contributed by atoms with van der Waals surface area (Å²) in [5, 5.41) is 3.74. The van der Waals surface area contributed by atoms with Crippen LogP contribution < -0.4 is 5.32 Å². The van der Waals surface area contributed by atoms with Gasteiger partial charge in [-0.3, -0.25) is 0 Å². The van der Waals surface area contributed by atoms with Gasteiger partial charge in [0.25, 0.3) is 0 Å². The van der Waals surface area contributed by atoms with Crippen molar-refractivity contribution >= 4 is 15.9 Å². The molecule has 1 nitrogen and oxygen atoms in total. The average Bonchev–Trinajstić information content (AvgIpc) is 2.34. The van der Waals surface area contributed by atoms with E-state index in [2.05, 4.69) is 73.2 Å². The molecule has 0 aliphatic carbocycles. The van der Waals surface area contributed by atoms with Crippen LogP contribution in [0, 0.1) is 5.92 Å². The molecule has 0 spiro atoms. The van der Waals surface area contributed by atoms with Crippen LogP contribution in [0.25, 0.3) is 0 Å². The summed E-state index contributed by atoms with van der Waals surface area (Å²) < 4.78 is 1.15. The highest BCUT2D eigenvalue weighted by Crippen LogP contribution is 2.21. The van der Waals surface area contributed by atoms with Crippen molar-refractivity contribution in [2.75, 3.05) is 0 Å². The van der Waals surface area contributed by atoms with Gasteiger partial charge in [0.15, 0.2) is 0 Å². The Balaban J connectivity index is 2.53. The summed E-state index contributed by atoms with van der Waals surface area (Å²) in [5.41, 5.74) is 1.39. The summed E-state index contributed by atoms with van der Waals surface area (Å²) in [6.07, 6.45) is 3.68. The molecule has 0 aliphatic rings. The number of benzene rings is 1. The van der Waals surface area contributed by atoms with Gasteiger partial charge in [0.1, 0.15) is 0 Å². The Labute approximate surface area is 120 Å². The number of rotatable bonds is 7. The minimum absolute atomic E-state index is 0.472. The van der Waals surface area contributed by atoms with Crippen LogP contribution in [-0.2, 0) is 0 Å². The van der Waals surface area contributed by atoms with Gasteiger partial charge in [-0.2, -0.15) is 0 Å². The zero-order chi connectivity index (χ0) is 13.5. The molecule has 2 atom stereocenters. The Kier molecular flexibility index (Phi) is 6.95. The monoisotopic (exact) mass is 311 g/mol. The number of halogens is 1. The predicted molar refractivity (Wildman–Crippen MR) is 83.8 cm³/mol.